The Hall–Kier alpha value is -2.23. The molecule has 32 heavy (non-hydrogen) atoms. The summed E-state index contributed by atoms with van der Waals surface area (Å²) < 4.78 is 24.1. The SMILES string of the molecule is CCNC(=NCCc1cccc(F)c1)NC1CCN(c2cc(OC)cc(OC)c2)CC1.I. The minimum absolute atomic E-state index is 0. The molecule has 3 rings (SSSR count). The number of aliphatic imine (C=N–C) groups is 1. The molecule has 2 aromatic rings. The molecule has 0 aliphatic carbocycles. The first-order chi connectivity index (χ1) is 15.1. The lowest BCUT2D eigenvalue weighted by Gasteiger charge is -2.34. The van der Waals surface area contributed by atoms with Crippen molar-refractivity contribution in [1.29, 1.82) is 0 Å². The largest absolute Gasteiger partial charge is 0.497 e. The van der Waals surface area contributed by atoms with Crippen LogP contribution >= 0.6 is 24.0 Å². The van der Waals surface area contributed by atoms with Gasteiger partial charge in [0, 0.05) is 56.1 Å². The number of methoxy groups -OCH3 is 2. The fourth-order valence-corrected chi connectivity index (χ4v) is 3.76. The number of nitrogens with zero attached hydrogens (tertiary/aromatic N) is 2. The van der Waals surface area contributed by atoms with Crippen LogP contribution in [0, 0.1) is 5.82 Å². The Labute approximate surface area is 207 Å². The van der Waals surface area contributed by atoms with E-state index in [9.17, 15) is 4.39 Å². The van der Waals surface area contributed by atoms with Crippen molar-refractivity contribution >= 4 is 35.6 Å². The van der Waals surface area contributed by atoms with Crippen molar-refractivity contribution in [2.24, 2.45) is 4.99 Å². The standard InChI is InChI=1S/C24H33FN4O2.HI/c1-4-26-24(27-11-8-18-6-5-7-19(25)14-18)28-20-9-12-29(13-10-20)21-15-22(30-2)17-23(16-21)31-3;/h5-7,14-17,20H,4,8-13H2,1-3H3,(H2,26,27,28);1H. The van der Waals surface area contributed by atoms with Gasteiger partial charge in [0.1, 0.15) is 17.3 Å². The zero-order valence-electron chi connectivity index (χ0n) is 19.1. The fourth-order valence-electron chi connectivity index (χ4n) is 3.76. The van der Waals surface area contributed by atoms with Crippen molar-refractivity contribution in [2.45, 2.75) is 32.2 Å². The first-order valence-corrected chi connectivity index (χ1v) is 10.9. The predicted molar refractivity (Wildman–Crippen MR) is 139 cm³/mol. The molecule has 1 aliphatic heterocycles. The van der Waals surface area contributed by atoms with Crippen molar-refractivity contribution in [3.63, 3.8) is 0 Å². The topological polar surface area (TPSA) is 58.1 Å². The molecule has 6 nitrogen and oxygen atoms in total. The van der Waals surface area contributed by atoms with Crippen LogP contribution in [0.5, 0.6) is 11.5 Å². The molecule has 8 heteroatoms. The van der Waals surface area contributed by atoms with E-state index < -0.39 is 0 Å². The molecule has 0 saturated carbocycles. The first kappa shape index (κ1) is 26.0. The number of rotatable bonds is 8. The second-order valence-corrected chi connectivity index (χ2v) is 7.62. The molecule has 0 aromatic heterocycles. The minimum Gasteiger partial charge on any atom is -0.497 e. The van der Waals surface area contributed by atoms with Crippen LogP contribution in [0.15, 0.2) is 47.5 Å². The zero-order chi connectivity index (χ0) is 22.1. The molecule has 176 valence electrons. The number of halogens is 2. The van der Waals surface area contributed by atoms with E-state index in [0.29, 0.717) is 19.0 Å². The maximum Gasteiger partial charge on any atom is 0.191 e. The summed E-state index contributed by atoms with van der Waals surface area (Å²) in [7, 11) is 3.34. The maximum atomic E-state index is 13.3. The van der Waals surface area contributed by atoms with Crippen LogP contribution < -0.4 is 25.0 Å². The Kier molecular flexibility index (Phi) is 10.9. The van der Waals surface area contributed by atoms with Gasteiger partial charge in [0.05, 0.1) is 14.2 Å². The Morgan fingerprint density at radius 1 is 1.09 bits per heavy atom. The number of benzene rings is 2. The third-order valence-corrected chi connectivity index (χ3v) is 5.44. The van der Waals surface area contributed by atoms with Gasteiger partial charge in [-0.1, -0.05) is 12.1 Å². The molecule has 0 amide bonds. The zero-order valence-corrected chi connectivity index (χ0v) is 21.4. The lowest BCUT2D eigenvalue weighted by atomic mass is 10.0. The van der Waals surface area contributed by atoms with Gasteiger partial charge in [-0.3, -0.25) is 4.99 Å². The maximum absolute atomic E-state index is 13.3. The van der Waals surface area contributed by atoms with Crippen molar-refractivity contribution in [2.75, 3.05) is 45.3 Å². The summed E-state index contributed by atoms with van der Waals surface area (Å²) in [4.78, 5) is 7.04. The van der Waals surface area contributed by atoms with Gasteiger partial charge in [0.2, 0.25) is 0 Å². The van der Waals surface area contributed by atoms with E-state index in [1.54, 1.807) is 26.4 Å². The fraction of sp³-hybridized carbons (Fsp3) is 0.458. The van der Waals surface area contributed by atoms with Gasteiger partial charge in [-0.25, -0.2) is 4.39 Å². The van der Waals surface area contributed by atoms with E-state index in [1.165, 1.54) is 6.07 Å². The highest BCUT2D eigenvalue weighted by molar-refractivity contribution is 14.0. The molecule has 1 fully saturated rings. The number of hydrogen-bond donors (Lipinski definition) is 2. The quantitative estimate of drug-likeness (QED) is 0.290. The normalized spacial score (nSPS) is 14.5. The summed E-state index contributed by atoms with van der Waals surface area (Å²) in [6.45, 7) is 5.35. The number of guanidine groups is 1. The minimum atomic E-state index is -0.202. The Bertz CT molecular complexity index is 851. The average molecular weight is 556 g/mol. The van der Waals surface area contributed by atoms with Crippen LogP contribution in [-0.2, 0) is 6.42 Å². The van der Waals surface area contributed by atoms with Crippen molar-refractivity contribution in [1.82, 2.24) is 10.6 Å². The molecule has 2 N–H and O–H groups in total. The highest BCUT2D eigenvalue weighted by atomic mass is 127. The highest BCUT2D eigenvalue weighted by Gasteiger charge is 2.21. The van der Waals surface area contributed by atoms with Crippen LogP contribution in [0.4, 0.5) is 10.1 Å². The number of nitrogens with one attached hydrogen (secondary N) is 2. The van der Waals surface area contributed by atoms with Crippen LogP contribution in [-0.4, -0.2) is 52.4 Å². The van der Waals surface area contributed by atoms with Crippen LogP contribution in [0.3, 0.4) is 0 Å². The van der Waals surface area contributed by atoms with Gasteiger partial charge in [-0.2, -0.15) is 0 Å². The molecular weight excluding hydrogens is 522 g/mol. The lowest BCUT2D eigenvalue weighted by molar-refractivity contribution is 0.393. The van der Waals surface area contributed by atoms with E-state index in [-0.39, 0.29) is 29.8 Å². The highest BCUT2D eigenvalue weighted by Crippen LogP contribution is 2.30. The molecule has 1 saturated heterocycles. The van der Waals surface area contributed by atoms with Gasteiger partial charge < -0.3 is 25.0 Å². The Morgan fingerprint density at radius 2 is 1.78 bits per heavy atom. The van der Waals surface area contributed by atoms with Crippen molar-refractivity contribution < 1.29 is 13.9 Å². The molecule has 1 heterocycles. The van der Waals surface area contributed by atoms with Crippen molar-refractivity contribution in [3.05, 3.63) is 53.8 Å². The van der Waals surface area contributed by atoms with Gasteiger partial charge >= 0.3 is 0 Å². The molecule has 0 radical (unpaired) electrons. The third kappa shape index (κ3) is 7.72. The van der Waals surface area contributed by atoms with Gasteiger partial charge in [0.15, 0.2) is 5.96 Å². The summed E-state index contributed by atoms with van der Waals surface area (Å²) in [5, 5.41) is 6.88. The smallest absolute Gasteiger partial charge is 0.191 e. The predicted octanol–water partition coefficient (Wildman–Crippen LogP) is 4.23. The van der Waals surface area contributed by atoms with Gasteiger partial charge in [-0.15, -0.1) is 24.0 Å². The first-order valence-electron chi connectivity index (χ1n) is 10.9. The summed E-state index contributed by atoms with van der Waals surface area (Å²) in [5.41, 5.74) is 2.08. The number of hydrogen-bond acceptors (Lipinski definition) is 4. The van der Waals surface area contributed by atoms with Crippen LogP contribution in [0.1, 0.15) is 25.3 Å². The van der Waals surface area contributed by atoms with Gasteiger partial charge in [0.25, 0.3) is 0 Å². The molecule has 0 bridgehead atoms. The third-order valence-electron chi connectivity index (χ3n) is 5.44. The van der Waals surface area contributed by atoms with Crippen LogP contribution in [0.25, 0.3) is 0 Å². The van der Waals surface area contributed by atoms with E-state index in [1.807, 2.05) is 24.3 Å². The molecule has 0 unspecified atom stereocenters. The van der Waals surface area contributed by atoms with Crippen molar-refractivity contribution in [3.8, 4) is 11.5 Å². The van der Waals surface area contributed by atoms with E-state index >= 15 is 0 Å². The Morgan fingerprint density at radius 3 is 2.38 bits per heavy atom. The molecule has 0 atom stereocenters. The number of anilines is 1. The second kappa shape index (κ2) is 13.3. The summed E-state index contributed by atoms with van der Waals surface area (Å²) in [5.74, 6) is 2.22. The number of ether oxygens (including phenoxy) is 2. The molecular formula is C24H34FIN4O2. The molecule has 2 aromatic carbocycles. The molecule has 0 spiro atoms. The monoisotopic (exact) mass is 556 g/mol. The number of piperidine rings is 1. The average Bonchev–Trinajstić information content (AvgIpc) is 2.79. The van der Waals surface area contributed by atoms with Crippen LogP contribution in [0.2, 0.25) is 0 Å². The van der Waals surface area contributed by atoms with E-state index in [2.05, 4.69) is 27.4 Å². The Balaban J connectivity index is 0.00000363. The summed E-state index contributed by atoms with van der Waals surface area (Å²) in [6, 6.07) is 13.1. The van der Waals surface area contributed by atoms with E-state index in [0.717, 1.165) is 61.2 Å². The van der Waals surface area contributed by atoms with Gasteiger partial charge in [-0.05, 0) is 43.9 Å². The summed E-state index contributed by atoms with van der Waals surface area (Å²) in [6.07, 6.45) is 2.73. The molecule has 1 aliphatic rings. The lowest BCUT2D eigenvalue weighted by Crippen LogP contribution is -2.48. The van der Waals surface area contributed by atoms with E-state index in [4.69, 9.17) is 9.47 Å². The second-order valence-electron chi connectivity index (χ2n) is 7.62. The summed E-state index contributed by atoms with van der Waals surface area (Å²) >= 11 is 0.